The van der Waals surface area contributed by atoms with E-state index in [-0.39, 0.29) is 0 Å². The Kier molecular flexibility index (Phi) is 3.33. The highest BCUT2D eigenvalue weighted by molar-refractivity contribution is 14.1. The van der Waals surface area contributed by atoms with E-state index < -0.39 is 0 Å². The fourth-order valence-electron chi connectivity index (χ4n) is 0.908. The summed E-state index contributed by atoms with van der Waals surface area (Å²) >= 11 is 2.41. The molecule has 0 heterocycles. The van der Waals surface area contributed by atoms with Crippen molar-refractivity contribution in [1.29, 1.82) is 0 Å². The van der Waals surface area contributed by atoms with Crippen molar-refractivity contribution in [2.24, 2.45) is 0 Å². The number of rotatable bonds is 0. The summed E-state index contributed by atoms with van der Waals surface area (Å²) in [4.78, 5) is 0. The molecule has 0 aromatic carbocycles. The fraction of sp³-hybridized carbons (Fsp3) is 0.500. The molecule has 0 atom stereocenters. The third-order valence-corrected chi connectivity index (χ3v) is 2.35. The van der Waals surface area contributed by atoms with Gasteiger partial charge in [0.05, 0.1) is 0 Å². The minimum absolute atomic E-state index is 1.26. The maximum Gasteiger partial charge on any atom is -0.00942 e. The van der Waals surface area contributed by atoms with Crippen LogP contribution in [0.2, 0.25) is 0 Å². The molecule has 0 aliphatic heterocycles. The van der Waals surface area contributed by atoms with Gasteiger partial charge in [-0.25, -0.2) is 0 Å². The van der Waals surface area contributed by atoms with Gasteiger partial charge in [-0.3, -0.25) is 0 Å². The highest BCUT2D eigenvalue weighted by Gasteiger charge is 1.92. The van der Waals surface area contributed by atoms with Gasteiger partial charge >= 0.3 is 0 Å². The highest BCUT2D eigenvalue weighted by atomic mass is 127. The summed E-state index contributed by atoms with van der Waals surface area (Å²) in [7, 11) is 0. The van der Waals surface area contributed by atoms with Crippen molar-refractivity contribution in [2.75, 3.05) is 0 Å². The van der Waals surface area contributed by atoms with Crippen LogP contribution in [0.3, 0.4) is 0 Å². The van der Waals surface area contributed by atoms with Crippen LogP contribution < -0.4 is 0 Å². The Morgan fingerprint density at radius 2 is 2.22 bits per heavy atom. The SMILES string of the molecule is IC1=CC=CCCCC1. The quantitative estimate of drug-likeness (QED) is 0.563. The monoisotopic (exact) mass is 234 g/mol. The molecule has 1 heteroatoms. The second-order valence-electron chi connectivity index (χ2n) is 2.29. The van der Waals surface area contributed by atoms with Crippen LogP contribution in [0.4, 0.5) is 0 Å². The fourth-order valence-corrected chi connectivity index (χ4v) is 1.50. The minimum Gasteiger partial charge on any atom is -0.0845 e. The van der Waals surface area contributed by atoms with E-state index in [2.05, 4.69) is 40.8 Å². The first-order chi connectivity index (χ1) is 4.39. The smallest absolute Gasteiger partial charge is 0.00942 e. The van der Waals surface area contributed by atoms with E-state index in [0.29, 0.717) is 0 Å². The maximum atomic E-state index is 2.41. The van der Waals surface area contributed by atoms with E-state index in [0.717, 1.165) is 0 Å². The van der Waals surface area contributed by atoms with Crippen LogP contribution in [0.1, 0.15) is 25.7 Å². The normalized spacial score (nSPS) is 20.3. The first kappa shape index (κ1) is 7.32. The molecule has 0 spiro atoms. The molecule has 1 rings (SSSR count). The second-order valence-corrected chi connectivity index (χ2v) is 3.67. The molecule has 0 saturated heterocycles. The van der Waals surface area contributed by atoms with Crippen LogP contribution in [-0.2, 0) is 0 Å². The summed E-state index contributed by atoms with van der Waals surface area (Å²) in [5.41, 5.74) is 0. The average molecular weight is 234 g/mol. The second kappa shape index (κ2) is 4.09. The third kappa shape index (κ3) is 3.04. The lowest BCUT2D eigenvalue weighted by molar-refractivity contribution is 0.756. The number of hydrogen-bond donors (Lipinski definition) is 0. The number of allylic oxidation sites excluding steroid dienone is 4. The largest absolute Gasteiger partial charge is 0.0845 e. The Morgan fingerprint density at radius 3 is 3.11 bits per heavy atom. The molecule has 0 aromatic heterocycles. The molecule has 0 fully saturated rings. The Bertz CT molecular complexity index is 134. The van der Waals surface area contributed by atoms with E-state index in [4.69, 9.17) is 0 Å². The predicted molar refractivity (Wildman–Crippen MR) is 49.7 cm³/mol. The van der Waals surface area contributed by atoms with Gasteiger partial charge in [0.2, 0.25) is 0 Å². The molecule has 50 valence electrons. The van der Waals surface area contributed by atoms with E-state index in [1.807, 2.05) is 0 Å². The van der Waals surface area contributed by atoms with E-state index in [9.17, 15) is 0 Å². The zero-order valence-corrected chi connectivity index (χ0v) is 7.60. The van der Waals surface area contributed by atoms with Crippen molar-refractivity contribution < 1.29 is 0 Å². The van der Waals surface area contributed by atoms with Crippen molar-refractivity contribution in [3.05, 3.63) is 21.8 Å². The van der Waals surface area contributed by atoms with Crippen molar-refractivity contribution in [3.8, 4) is 0 Å². The molecular formula is C8H11I. The van der Waals surface area contributed by atoms with Crippen molar-refractivity contribution in [1.82, 2.24) is 0 Å². The highest BCUT2D eigenvalue weighted by Crippen LogP contribution is 2.17. The van der Waals surface area contributed by atoms with E-state index in [1.165, 1.54) is 29.3 Å². The predicted octanol–water partition coefficient (Wildman–Crippen LogP) is 3.44. The maximum absolute atomic E-state index is 2.41. The van der Waals surface area contributed by atoms with E-state index in [1.54, 1.807) is 0 Å². The third-order valence-electron chi connectivity index (χ3n) is 1.45. The van der Waals surface area contributed by atoms with Gasteiger partial charge in [-0.1, -0.05) is 18.2 Å². The van der Waals surface area contributed by atoms with Gasteiger partial charge in [-0.15, -0.1) is 0 Å². The van der Waals surface area contributed by atoms with Crippen LogP contribution in [0.5, 0.6) is 0 Å². The van der Waals surface area contributed by atoms with Gasteiger partial charge in [0, 0.05) is 0 Å². The molecular weight excluding hydrogens is 223 g/mol. The molecule has 1 aliphatic rings. The van der Waals surface area contributed by atoms with Gasteiger partial charge < -0.3 is 0 Å². The molecule has 1 aliphatic carbocycles. The van der Waals surface area contributed by atoms with Gasteiger partial charge in [-0.2, -0.15) is 0 Å². The summed E-state index contributed by atoms with van der Waals surface area (Å²) < 4.78 is 1.49. The van der Waals surface area contributed by atoms with Crippen LogP contribution in [0.25, 0.3) is 0 Å². The Balaban J connectivity index is 2.48. The summed E-state index contributed by atoms with van der Waals surface area (Å²) in [6.45, 7) is 0. The summed E-state index contributed by atoms with van der Waals surface area (Å²) in [6, 6.07) is 0. The van der Waals surface area contributed by atoms with Gasteiger partial charge in [0.25, 0.3) is 0 Å². The van der Waals surface area contributed by atoms with Crippen LogP contribution in [0.15, 0.2) is 21.8 Å². The molecule has 9 heavy (non-hydrogen) atoms. The van der Waals surface area contributed by atoms with Crippen molar-refractivity contribution in [3.63, 3.8) is 0 Å². The number of halogens is 1. The molecule has 0 nitrogen and oxygen atoms in total. The first-order valence-electron chi connectivity index (χ1n) is 3.41. The zero-order valence-electron chi connectivity index (χ0n) is 5.44. The molecule has 0 unspecified atom stereocenters. The Hall–Kier alpha value is 0.210. The topological polar surface area (TPSA) is 0 Å². The van der Waals surface area contributed by atoms with Crippen molar-refractivity contribution >= 4 is 22.6 Å². The summed E-state index contributed by atoms with van der Waals surface area (Å²) in [5, 5.41) is 0. The molecule has 0 bridgehead atoms. The lowest BCUT2D eigenvalue weighted by Crippen LogP contribution is -1.78. The number of hydrogen-bond acceptors (Lipinski definition) is 0. The van der Waals surface area contributed by atoms with Gasteiger partial charge in [0.1, 0.15) is 0 Å². The Morgan fingerprint density at radius 1 is 1.33 bits per heavy atom. The molecule has 0 saturated carbocycles. The lowest BCUT2D eigenvalue weighted by atomic mass is 10.1. The van der Waals surface area contributed by atoms with E-state index >= 15 is 0 Å². The molecule has 0 radical (unpaired) electrons. The van der Waals surface area contributed by atoms with Crippen LogP contribution >= 0.6 is 22.6 Å². The zero-order chi connectivity index (χ0) is 6.53. The van der Waals surface area contributed by atoms with Crippen LogP contribution in [-0.4, -0.2) is 0 Å². The minimum atomic E-state index is 1.26. The molecule has 0 aromatic rings. The average Bonchev–Trinajstić information content (AvgIpc) is 1.79. The molecule has 0 N–H and O–H groups in total. The summed E-state index contributed by atoms with van der Waals surface area (Å²) in [6.07, 6.45) is 11.9. The van der Waals surface area contributed by atoms with Crippen LogP contribution in [0, 0.1) is 0 Å². The lowest BCUT2D eigenvalue weighted by Gasteiger charge is -1.99. The summed E-state index contributed by atoms with van der Waals surface area (Å²) in [5.74, 6) is 0. The first-order valence-corrected chi connectivity index (χ1v) is 4.48. The van der Waals surface area contributed by atoms with Gasteiger partial charge in [0.15, 0.2) is 0 Å². The standard InChI is InChI=1S/C8H11I/c9-8-6-4-2-1-3-5-7-8/h2,4,6H,1,3,5,7H2. The van der Waals surface area contributed by atoms with Crippen molar-refractivity contribution in [2.45, 2.75) is 25.7 Å². The Labute approximate surface area is 70.2 Å². The van der Waals surface area contributed by atoms with Gasteiger partial charge in [-0.05, 0) is 51.9 Å². The molecule has 0 amide bonds.